The van der Waals surface area contributed by atoms with Crippen LogP contribution in [0.2, 0.25) is 0 Å². The molecule has 0 aliphatic heterocycles. The molecule has 8 aliphatic carbocycles. The number of hydrogen-bond acceptors (Lipinski definition) is 14. The van der Waals surface area contributed by atoms with Crippen LogP contribution in [0.3, 0.4) is 0 Å². The molecule has 6 heterocycles. The highest BCUT2D eigenvalue weighted by Crippen LogP contribution is 2.66. The normalized spacial score (nSPS) is 25.8. The van der Waals surface area contributed by atoms with E-state index in [1.54, 1.807) is 26.7 Å². The van der Waals surface area contributed by atoms with Crippen LogP contribution < -0.4 is 31.9 Å². The maximum atomic E-state index is 13.6. The lowest BCUT2D eigenvalue weighted by Gasteiger charge is -2.28. The Labute approximate surface area is 461 Å². The van der Waals surface area contributed by atoms with Gasteiger partial charge in [-0.1, -0.05) is 0 Å². The summed E-state index contributed by atoms with van der Waals surface area (Å²) in [6.07, 6.45) is 7.13. The Bertz CT molecular complexity index is 3200. The van der Waals surface area contributed by atoms with Crippen molar-refractivity contribution < 1.29 is 45.5 Å². The van der Waals surface area contributed by atoms with Crippen LogP contribution in [0.4, 0.5) is 59.9 Å². The number of fused-ring (bicyclic) bond motifs is 2. The van der Waals surface area contributed by atoms with Crippen molar-refractivity contribution in [2.45, 2.75) is 152 Å². The number of aromatic nitrogens is 10. The number of aryl methyl sites for hydroxylation is 4. The third kappa shape index (κ3) is 10.00. The molecule has 20 nitrogen and oxygen atoms in total. The summed E-state index contributed by atoms with van der Waals surface area (Å²) in [7, 11) is 3.13. The van der Waals surface area contributed by atoms with E-state index in [1.807, 2.05) is 9.13 Å². The van der Waals surface area contributed by atoms with Crippen molar-refractivity contribution in [1.29, 1.82) is 0 Å². The molecule has 28 heteroatoms. The van der Waals surface area contributed by atoms with Gasteiger partial charge in [0.2, 0.25) is 23.7 Å². The predicted octanol–water partition coefficient (Wildman–Crippen LogP) is 8.91. The van der Waals surface area contributed by atoms with E-state index < -0.39 is 25.2 Å². The maximum Gasteiger partial charge on any atom is 0.282 e. The summed E-state index contributed by atoms with van der Waals surface area (Å²) >= 11 is 2.85. The highest BCUT2D eigenvalue weighted by atomic mass is 32.1. The van der Waals surface area contributed by atoms with Gasteiger partial charge in [0.15, 0.2) is 0 Å². The van der Waals surface area contributed by atoms with Crippen molar-refractivity contribution in [3.05, 3.63) is 68.2 Å². The molecule has 6 aromatic rings. The second kappa shape index (κ2) is 20.0. The van der Waals surface area contributed by atoms with Crippen LogP contribution in [-0.2, 0) is 49.4 Å². The molecule has 0 unspecified atom stereocenters. The molecule has 0 bridgehead atoms. The summed E-state index contributed by atoms with van der Waals surface area (Å²) in [5.41, 5.74) is 2.63. The zero-order chi connectivity index (χ0) is 55.5. The number of hydrogen-bond donors (Lipinski definition) is 6. The van der Waals surface area contributed by atoms with Gasteiger partial charge in [0.05, 0.1) is 11.1 Å². The second-order valence-corrected chi connectivity index (χ2v) is 25.2. The van der Waals surface area contributed by atoms with Gasteiger partial charge in [-0.05, 0) is 125 Å². The highest BCUT2D eigenvalue weighted by molar-refractivity contribution is 7.17. The first-order valence-electron chi connectivity index (χ1n) is 27.2. The topological polar surface area (TPSA) is 238 Å². The first-order chi connectivity index (χ1) is 38.4. The third-order valence-electron chi connectivity index (χ3n) is 17.7. The average molecular weight is 1150 g/mol. The van der Waals surface area contributed by atoms with Crippen molar-refractivity contribution in [3.63, 3.8) is 0 Å². The van der Waals surface area contributed by atoms with Crippen LogP contribution in [0.25, 0.3) is 0 Å². The van der Waals surface area contributed by atoms with Crippen LogP contribution in [0.5, 0.6) is 0 Å². The van der Waals surface area contributed by atoms with E-state index in [4.69, 9.17) is 0 Å². The minimum absolute atomic E-state index is 0.105. The lowest BCUT2D eigenvalue weighted by atomic mass is 9.83. The molecule has 0 saturated heterocycles. The van der Waals surface area contributed by atoms with Crippen molar-refractivity contribution in [2.24, 2.45) is 36.8 Å². The molecule has 2 spiro atoms. The molecule has 6 N–H and O–H groups in total. The Morgan fingerprint density at radius 3 is 1.36 bits per heavy atom. The van der Waals surface area contributed by atoms with Crippen molar-refractivity contribution in [1.82, 2.24) is 59.7 Å². The van der Waals surface area contributed by atoms with Gasteiger partial charge in [0.25, 0.3) is 24.7 Å². The first-order valence-corrected chi connectivity index (χ1v) is 28.8. The number of carbonyl (C=O) groups excluding carboxylic acids is 4. The van der Waals surface area contributed by atoms with Gasteiger partial charge in [-0.15, -0.1) is 43.1 Å². The van der Waals surface area contributed by atoms with Crippen molar-refractivity contribution in [2.75, 3.05) is 21.3 Å². The monoisotopic (exact) mass is 1150 g/mol. The second-order valence-electron chi connectivity index (χ2n) is 23.0. The summed E-state index contributed by atoms with van der Waals surface area (Å²) in [5, 5.41) is 43.5. The van der Waals surface area contributed by atoms with Gasteiger partial charge < -0.3 is 31.9 Å². The SMILES string of the molecule is Cn1nc(C(F)F)cc1Nc1nncn1[C@H]1CCc2sc(NC(=O)C3CC(F)C3)c(C(=O)N[C@@H]3CC34CC4)c2C1.Cn1nc(C(F)F)cc1Nc1nncn1[C@H]1CCc2sc(NC(=O)C3CC(F)C3)c(C(=O)N[C@H]3CC34CC4)c2C1. The van der Waals surface area contributed by atoms with E-state index in [0.717, 1.165) is 72.2 Å². The molecular weight excluding hydrogens is 1090 g/mol. The number of anilines is 6. The Kier molecular flexibility index (Phi) is 13.1. The fourth-order valence-electron chi connectivity index (χ4n) is 12.1. The molecule has 8 aliphatic rings. The Balaban J connectivity index is 0.000000151. The molecule has 14 rings (SSSR count). The van der Waals surface area contributed by atoms with Gasteiger partial charge in [-0.25, -0.2) is 26.3 Å². The molecule has 0 radical (unpaired) electrons. The number of alkyl halides is 6. The number of nitrogens with one attached hydrogen (secondary N) is 6. The average Bonchev–Trinajstić information content (AvgIpc) is 4.47. The number of amides is 4. The lowest BCUT2D eigenvalue weighted by Crippen LogP contribution is -2.36. The van der Waals surface area contributed by atoms with Gasteiger partial charge in [-0.3, -0.25) is 37.7 Å². The molecule has 4 amide bonds. The summed E-state index contributed by atoms with van der Waals surface area (Å²) in [4.78, 5) is 55.0. The number of nitrogens with zero attached hydrogens (tertiary/aromatic N) is 10. The van der Waals surface area contributed by atoms with E-state index in [9.17, 15) is 45.5 Å². The summed E-state index contributed by atoms with van der Waals surface area (Å²) < 4.78 is 85.7. The zero-order valence-electron chi connectivity index (χ0n) is 43.6. The number of halogens is 6. The van der Waals surface area contributed by atoms with Crippen LogP contribution >= 0.6 is 22.7 Å². The van der Waals surface area contributed by atoms with E-state index >= 15 is 0 Å². The quantitative estimate of drug-likeness (QED) is 0.0499. The Hall–Kier alpha value is -6.84. The summed E-state index contributed by atoms with van der Waals surface area (Å²) in [6.45, 7) is 0. The van der Waals surface area contributed by atoms with E-state index in [1.165, 1.54) is 44.2 Å². The summed E-state index contributed by atoms with van der Waals surface area (Å²) in [6, 6.07) is 2.68. The van der Waals surface area contributed by atoms with Gasteiger partial charge in [-0.2, -0.15) is 10.2 Å². The molecule has 0 aromatic carbocycles. The predicted molar refractivity (Wildman–Crippen MR) is 281 cm³/mol. The molecule has 6 aromatic heterocycles. The number of carbonyl (C=O) groups is 4. The minimum Gasteiger partial charge on any atom is -0.349 e. The zero-order valence-corrected chi connectivity index (χ0v) is 45.2. The number of rotatable bonds is 16. The molecule has 424 valence electrons. The minimum atomic E-state index is -2.69. The van der Waals surface area contributed by atoms with Gasteiger partial charge in [0, 0.05) is 72.0 Å². The van der Waals surface area contributed by atoms with Gasteiger partial charge in [0.1, 0.15) is 58.0 Å². The van der Waals surface area contributed by atoms with E-state index in [-0.39, 0.29) is 108 Å². The van der Waals surface area contributed by atoms with E-state index in [0.29, 0.717) is 70.3 Å². The van der Waals surface area contributed by atoms with Gasteiger partial charge >= 0.3 is 0 Å². The number of thiophene rings is 2. The fourth-order valence-corrected chi connectivity index (χ4v) is 14.5. The van der Waals surface area contributed by atoms with Crippen LogP contribution in [0.1, 0.15) is 155 Å². The van der Waals surface area contributed by atoms with Crippen molar-refractivity contribution in [3.8, 4) is 0 Å². The largest absolute Gasteiger partial charge is 0.349 e. The Morgan fingerprint density at radius 1 is 0.625 bits per heavy atom. The molecule has 6 fully saturated rings. The fraction of sp³-hybridized carbons (Fsp3) is 0.577. The standard InChI is InChI=1S/2C26H29F3N8O2S/c2*1-36-19(9-16(35-36)21(28)29)32-25-34-30-11-37(25)14-2-3-17-15(8-14)20(23(39)31-18-10-26(18)4-5-26)24(40-17)33-22(38)12-6-13(27)7-12/h2*9,11-14,18,21H,2-8,10H2,1H3,(H,31,39)(H,32,34)(H,33,38)/t12?,13?,14-,18+;12?,13?,14-,18-/m00/s1. The lowest BCUT2D eigenvalue weighted by molar-refractivity contribution is -0.124. The Morgan fingerprint density at radius 2 is 1.02 bits per heavy atom. The molecular formula is C52H58F6N16O4S2. The smallest absolute Gasteiger partial charge is 0.282 e. The van der Waals surface area contributed by atoms with Crippen LogP contribution in [0.15, 0.2) is 24.8 Å². The summed E-state index contributed by atoms with van der Waals surface area (Å²) in [5.74, 6) is -0.137. The third-order valence-corrected chi connectivity index (χ3v) is 20.1. The highest BCUT2D eigenvalue weighted by Gasteiger charge is 2.64. The molecule has 4 atom stereocenters. The van der Waals surface area contributed by atoms with Crippen molar-refractivity contribution >= 4 is 79.8 Å². The van der Waals surface area contributed by atoms with E-state index in [2.05, 4.69) is 62.5 Å². The van der Waals surface area contributed by atoms with Crippen LogP contribution in [-0.4, -0.2) is 97.1 Å². The first kappa shape index (κ1) is 52.5. The molecule has 80 heavy (non-hydrogen) atoms. The maximum absolute atomic E-state index is 13.6. The molecule has 6 saturated carbocycles. The van der Waals surface area contributed by atoms with Crippen LogP contribution in [0, 0.1) is 22.7 Å².